The minimum Gasteiger partial charge on any atom is -0.416 e. The Hall–Kier alpha value is -0.483. The summed E-state index contributed by atoms with van der Waals surface area (Å²) in [6.07, 6.45) is 0. The number of hydrogen-bond donors (Lipinski definition) is 0. The molecule has 0 aliphatic carbocycles. The van der Waals surface area contributed by atoms with Crippen LogP contribution in [0.4, 0.5) is 0 Å². The van der Waals surface area contributed by atoms with Gasteiger partial charge in [0.05, 0.1) is 5.82 Å². The van der Waals surface area contributed by atoms with Gasteiger partial charge in [-0.25, -0.2) is 0 Å². The second kappa shape index (κ2) is 9.54. The van der Waals surface area contributed by atoms with Crippen LogP contribution in [0.2, 0.25) is 6.55 Å². The average Bonchev–Trinajstić information content (AvgIpc) is 2.32. The van der Waals surface area contributed by atoms with Gasteiger partial charge in [0.1, 0.15) is 0 Å². The zero-order valence-electron chi connectivity index (χ0n) is 12.5. The van der Waals surface area contributed by atoms with Crippen LogP contribution >= 0.6 is 0 Å². The van der Waals surface area contributed by atoms with Crippen molar-refractivity contribution in [2.24, 2.45) is 0 Å². The number of hydrogen-bond acceptors (Lipinski definition) is 3. The summed E-state index contributed by atoms with van der Waals surface area (Å²) in [5.41, 5.74) is 2.38. The van der Waals surface area contributed by atoms with Crippen molar-refractivity contribution in [3.63, 3.8) is 0 Å². The monoisotopic (exact) mass is 258 g/mol. The largest absolute Gasteiger partial charge is 0.416 e. The fourth-order valence-corrected chi connectivity index (χ4v) is 3.49. The predicted molar refractivity (Wildman–Crippen MR) is 78.6 cm³/mol. The van der Waals surface area contributed by atoms with Gasteiger partial charge in [-0.1, -0.05) is 0 Å². The summed E-state index contributed by atoms with van der Waals surface area (Å²) >= 11 is 0. The molecule has 0 aliphatic rings. The molecule has 0 radical (unpaired) electrons. The fraction of sp³-hybridized carbons (Fsp3) is 0.846. The highest BCUT2D eigenvalue weighted by molar-refractivity contribution is 6.56. The van der Waals surface area contributed by atoms with Gasteiger partial charge in [0.15, 0.2) is 0 Å². The van der Waals surface area contributed by atoms with Crippen molar-refractivity contribution in [1.29, 1.82) is 0 Å². The molecule has 0 saturated carbocycles. The van der Waals surface area contributed by atoms with Crippen LogP contribution in [0.5, 0.6) is 0 Å². The highest BCUT2D eigenvalue weighted by Gasteiger charge is 2.14. The normalized spacial score (nSPS) is 12.1. The molecule has 0 fully saturated rings. The molecular weight excluding hydrogens is 228 g/mol. The van der Waals surface area contributed by atoms with E-state index in [4.69, 9.17) is 4.43 Å². The van der Waals surface area contributed by atoms with Crippen molar-refractivity contribution in [2.75, 3.05) is 32.8 Å². The Morgan fingerprint density at radius 1 is 0.941 bits per heavy atom. The van der Waals surface area contributed by atoms with Gasteiger partial charge >= 0.3 is 0 Å². The third-order valence-electron chi connectivity index (χ3n) is 2.99. The van der Waals surface area contributed by atoms with Crippen LogP contribution in [0.1, 0.15) is 34.6 Å². The van der Waals surface area contributed by atoms with E-state index in [0.29, 0.717) is 0 Å². The Bertz CT molecular complexity index is 199. The molecule has 1 unspecified atom stereocenters. The molecule has 0 saturated heterocycles. The highest BCUT2D eigenvalue weighted by atomic mass is 28.3. The van der Waals surface area contributed by atoms with Crippen LogP contribution in [-0.4, -0.2) is 51.6 Å². The van der Waals surface area contributed by atoms with E-state index in [9.17, 15) is 0 Å². The lowest BCUT2D eigenvalue weighted by Gasteiger charge is -2.34. The first kappa shape index (κ1) is 16.5. The average molecular weight is 258 g/mol. The molecule has 102 valence electrons. The molecule has 0 aromatic heterocycles. The molecule has 4 heteroatoms. The van der Waals surface area contributed by atoms with Gasteiger partial charge in [0, 0.05) is 32.8 Å². The maximum Gasteiger partial charge on any atom is 0.201 e. The van der Waals surface area contributed by atoms with Crippen LogP contribution in [0.3, 0.4) is 0 Å². The van der Waals surface area contributed by atoms with Gasteiger partial charge in [-0.3, -0.25) is 0 Å². The zero-order chi connectivity index (χ0) is 13.3. The summed E-state index contributed by atoms with van der Waals surface area (Å²) in [7, 11) is -1.17. The molecule has 3 nitrogen and oxygen atoms in total. The topological polar surface area (TPSA) is 15.7 Å². The van der Waals surface area contributed by atoms with Crippen LogP contribution in [-0.2, 0) is 4.43 Å². The summed E-state index contributed by atoms with van der Waals surface area (Å²) < 4.78 is 5.76. The Balaban J connectivity index is 4.93. The minimum absolute atomic E-state index is 0.827. The van der Waals surface area contributed by atoms with Crippen LogP contribution in [0.15, 0.2) is 11.5 Å². The predicted octanol–water partition coefficient (Wildman–Crippen LogP) is 2.44. The van der Waals surface area contributed by atoms with E-state index in [1.807, 2.05) is 0 Å². The van der Waals surface area contributed by atoms with E-state index in [1.165, 1.54) is 5.82 Å². The third-order valence-corrected chi connectivity index (χ3v) is 4.61. The van der Waals surface area contributed by atoms with Crippen molar-refractivity contribution in [1.82, 2.24) is 9.80 Å². The van der Waals surface area contributed by atoms with E-state index >= 15 is 0 Å². The van der Waals surface area contributed by atoms with Crippen molar-refractivity contribution >= 4 is 9.04 Å². The molecule has 0 bridgehead atoms. The Morgan fingerprint density at radius 2 is 1.35 bits per heavy atom. The van der Waals surface area contributed by atoms with Crippen LogP contribution in [0.25, 0.3) is 0 Å². The Morgan fingerprint density at radius 3 is 1.65 bits per heavy atom. The van der Waals surface area contributed by atoms with Gasteiger partial charge in [0.25, 0.3) is 0 Å². The SMILES string of the molecule is CCO[SiH](C)C=C(N(CC)CC)N(CC)CC. The molecular formula is C13H30N2OSi. The van der Waals surface area contributed by atoms with Crippen molar-refractivity contribution in [3.05, 3.63) is 11.5 Å². The summed E-state index contributed by atoms with van der Waals surface area (Å²) in [5.74, 6) is 1.37. The summed E-state index contributed by atoms with van der Waals surface area (Å²) in [5, 5.41) is 0. The second-order valence-corrected chi connectivity index (χ2v) is 6.11. The van der Waals surface area contributed by atoms with E-state index in [0.717, 1.165) is 32.8 Å². The van der Waals surface area contributed by atoms with Crippen LogP contribution in [0, 0.1) is 0 Å². The zero-order valence-corrected chi connectivity index (χ0v) is 13.6. The number of nitrogens with zero attached hydrogens (tertiary/aromatic N) is 2. The van der Waals surface area contributed by atoms with Gasteiger partial charge in [-0.05, 0) is 46.9 Å². The molecule has 0 spiro atoms. The molecule has 0 heterocycles. The van der Waals surface area contributed by atoms with E-state index < -0.39 is 9.04 Å². The van der Waals surface area contributed by atoms with Gasteiger partial charge in [-0.2, -0.15) is 0 Å². The van der Waals surface area contributed by atoms with Crippen LogP contribution < -0.4 is 0 Å². The van der Waals surface area contributed by atoms with Gasteiger partial charge in [-0.15, -0.1) is 0 Å². The third kappa shape index (κ3) is 5.59. The Kier molecular flexibility index (Phi) is 9.27. The van der Waals surface area contributed by atoms with Gasteiger partial charge in [0.2, 0.25) is 9.04 Å². The molecule has 0 aromatic rings. The van der Waals surface area contributed by atoms with Crippen molar-refractivity contribution in [3.8, 4) is 0 Å². The highest BCUT2D eigenvalue weighted by Crippen LogP contribution is 2.11. The first-order valence-electron chi connectivity index (χ1n) is 6.97. The van der Waals surface area contributed by atoms with E-state index in [1.54, 1.807) is 0 Å². The molecule has 0 amide bonds. The number of rotatable bonds is 9. The summed E-state index contributed by atoms with van der Waals surface area (Å²) in [6.45, 7) is 18.3. The smallest absolute Gasteiger partial charge is 0.201 e. The first-order valence-corrected chi connectivity index (χ1v) is 9.26. The molecule has 17 heavy (non-hydrogen) atoms. The second-order valence-electron chi connectivity index (χ2n) is 4.03. The summed E-state index contributed by atoms with van der Waals surface area (Å²) in [4.78, 5) is 4.85. The lowest BCUT2D eigenvalue weighted by molar-refractivity contribution is 0.234. The Labute approximate surface area is 109 Å². The quantitative estimate of drug-likeness (QED) is 0.591. The minimum atomic E-state index is -1.17. The summed E-state index contributed by atoms with van der Waals surface area (Å²) in [6, 6.07) is 0. The molecule has 0 aromatic carbocycles. The molecule has 1 atom stereocenters. The van der Waals surface area contributed by atoms with E-state index in [-0.39, 0.29) is 0 Å². The van der Waals surface area contributed by atoms with Crippen molar-refractivity contribution in [2.45, 2.75) is 41.2 Å². The molecule has 0 aliphatic heterocycles. The fourth-order valence-electron chi connectivity index (χ4n) is 2.03. The molecule has 0 rings (SSSR count). The lowest BCUT2D eigenvalue weighted by atomic mass is 10.4. The maximum atomic E-state index is 5.76. The maximum absolute atomic E-state index is 5.76. The molecule has 0 N–H and O–H groups in total. The van der Waals surface area contributed by atoms with E-state index in [2.05, 4.69) is 56.7 Å². The first-order chi connectivity index (χ1) is 8.14. The van der Waals surface area contributed by atoms with Crippen molar-refractivity contribution < 1.29 is 4.43 Å². The van der Waals surface area contributed by atoms with Gasteiger partial charge < -0.3 is 14.2 Å². The standard InChI is InChI=1S/C13H30N2OSi/c1-7-14(8-2)13(15(9-3)10-4)12-17(6)16-11-5/h12,17H,7-11H2,1-6H3. The lowest BCUT2D eigenvalue weighted by Crippen LogP contribution is -2.36.